The largest absolute Gasteiger partial charge is 0.439 e. The zero-order valence-corrected chi connectivity index (χ0v) is 10.7. The van der Waals surface area contributed by atoms with Gasteiger partial charge in [0.1, 0.15) is 11.6 Å². The van der Waals surface area contributed by atoms with E-state index in [0.29, 0.717) is 21.8 Å². The number of hydrogen-bond acceptors (Lipinski definition) is 3. The molecule has 0 bridgehead atoms. The average Bonchev–Trinajstić information content (AvgIpc) is 2.29. The topological polar surface area (TPSA) is 48.1 Å². The zero-order chi connectivity index (χ0) is 12.4. The summed E-state index contributed by atoms with van der Waals surface area (Å²) < 4.78 is 19.0. The SMILES string of the molecule is Cc1cnc(Oc2ccc(Br)c(F)c2)cc1N. The summed E-state index contributed by atoms with van der Waals surface area (Å²) in [5.74, 6) is 0.332. The molecule has 17 heavy (non-hydrogen) atoms. The minimum Gasteiger partial charge on any atom is -0.439 e. The van der Waals surface area contributed by atoms with E-state index in [0.717, 1.165) is 5.56 Å². The molecule has 0 unspecified atom stereocenters. The van der Waals surface area contributed by atoms with Gasteiger partial charge >= 0.3 is 0 Å². The second kappa shape index (κ2) is 4.71. The molecule has 1 heterocycles. The molecular formula is C12H10BrFN2O. The van der Waals surface area contributed by atoms with Crippen molar-refractivity contribution in [3.63, 3.8) is 0 Å². The van der Waals surface area contributed by atoms with Crippen molar-refractivity contribution < 1.29 is 9.13 Å². The summed E-state index contributed by atoms with van der Waals surface area (Å²) in [5.41, 5.74) is 7.19. The molecule has 0 saturated heterocycles. The highest BCUT2D eigenvalue weighted by atomic mass is 79.9. The first-order valence-electron chi connectivity index (χ1n) is 4.91. The number of aryl methyl sites for hydroxylation is 1. The van der Waals surface area contributed by atoms with E-state index in [1.165, 1.54) is 6.07 Å². The molecule has 1 aromatic carbocycles. The Hall–Kier alpha value is -1.62. The predicted molar refractivity (Wildman–Crippen MR) is 67.6 cm³/mol. The van der Waals surface area contributed by atoms with Gasteiger partial charge in [0.25, 0.3) is 0 Å². The summed E-state index contributed by atoms with van der Waals surface area (Å²) in [4.78, 5) is 4.05. The lowest BCUT2D eigenvalue weighted by molar-refractivity contribution is 0.458. The minimum atomic E-state index is -0.386. The highest BCUT2D eigenvalue weighted by Crippen LogP contribution is 2.26. The van der Waals surface area contributed by atoms with E-state index >= 15 is 0 Å². The summed E-state index contributed by atoms with van der Waals surface area (Å²) in [5, 5.41) is 0. The van der Waals surface area contributed by atoms with Gasteiger partial charge in [0, 0.05) is 24.0 Å². The third kappa shape index (κ3) is 2.74. The fraction of sp³-hybridized carbons (Fsp3) is 0.0833. The first-order chi connectivity index (χ1) is 8.06. The number of rotatable bonds is 2. The van der Waals surface area contributed by atoms with Crippen LogP contribution in [0.3, 0.4) is 0 Å². The van der Waals surface area contributed by atoms with Crippen molar-refractivity contribution in [1.82, 2.24) is 4.98 Å². The molecule has 0 radical (unpaired) electrons. The van der Waals surface area contributed by atoms with Gasteiger partial charge in [0.05, 0.1) is 4.47 Å². The molecule has 0 amide bonds. The maximum absolute atomic E-state index is 13.3. The maximum atomic E-state index is 13.3. The van der Waals surface area contributed by atoms with Crippen LogP contribution in [-0.4, -0.2) is 4.98 Å². The summed E-state index contributed by atoms with van der Waals surface area (Å²) in [6.45, 7) is 1.85. The van der Waals surface area contributed by atoms with Gasteiger partial charge in [0.15, 0.2) is 0 Å². The van der Waals surface area contributed by atoms with E-state index in [4.69, 9.17) is 10.5 Å². The number of pyridine rings is 1. The molecule has 2 aromatic rings. The van der Waals surface area contributed by atoms with Crippen LogP contribution in [0.2, 0.25) is 0 Å². The third-order valence-corrected chi connectivity index (χ3v) is 2.88. The summed E-state index contributed by atoms with van der Waals surface area (Å²) >= 11 is 3.07. The maximum Gasteiger partial charge on any atom is 0.221 e. The fourth-order valence-corrected chi connectivity index (χ4v) is 1.48. The molecule has 0 atom stereocenters. The Morgan fingerprint density at radius 1 is 1.35 bits per heavy atom. The second-order valence-electron chi connectivity index (χ2n) is 3.56. The van der Waals surface area contributed by atoms with Crippen molar-refractivity contribution in [3.8, 4) is 11.6 Å². The van der Waals surface area contributed by atoms with E-state index in [1.54, 1.807) is 24.4 Å². The highest BCUT2D eigenvalue weighted by molar-refractivity contribution is 9.10. The fourth-order valence-electron chi connectivity index (χ4n) is 1.24. The molecule has 2 rings (SSSR count). The Labute approximate surface area is 107 Å². The molecule has 88 valence electrons. The molecule has 5 heteroatoms. The Kier molecular flexibility index (Phi) is 3.28. The molecule has 0 saturated carbocycles. The van der Waals surface area contributed by atoms with Crippen molar-refractivity contribution in [2.45, 2.75) is 6.92 Å². The van der Waals surface area contributed by atoms with Gasteiger partial charge in [-0.2, -0.15) is 0 Å². The van der Waals surface area contributed by atoms with Crippen LogP contribution in [0.5, 0.6) is 11.6 Å². The highest BCUT2D eigenvalue weighted by Gasteiger charge is 2.04. The first kappa shape index (κ1) is 11.9. The number of hydrogen-bond donors (Lipinski definition) is 1. The first-order valence-corrected chi connectivity index (χ1v) is 5.70. The van der Waals surface area contributed by atoms with Crippen LogP contribution in [0.1, 0.15) is 5.56 Å². The van der Waals surface area contributed by atoms with Gasteiger partial charge in [0.2, 0.25) is 5.88 Å². The summed E-state index contributed by atoms with van der Waals surface area (Å²) in [6, 6.07) is 6.10. The predicted octanol–water partition coefficient (Wildman–Crippen LogP) is 3.67. The van der Waals surface area contributed by atoms with Crippen molar-refractivity contribution in [2.75, 3.05) is 5.73 Å². The Morgan fingerprint density at radius 2 is 2.12 bits per heavy atom. The van der Waals surface area contributed by atoms with E-state index < -0.39 is 0 Å². The van der Waals surface area contributed by atoms with Crippen LogP contribution >= 0.6 is 15.9 Å². The van der Waals surface area contributed by atoms with Crippen LogP contribution in [0.25, 0.3) is 0 Å². The zero-order valence-electron chi connectivity index (χ0n) is 9.08. The average molecular weight is 297 g/mol. The van der Waals surface area contributed by atoms with Gasteiger partial charge in [-0.25, -0.2) is 9.37 Å². The lowest BCUT2D eigenvalue weighted by atomic mass is 10.3. The summed E-state index contributed by atoms with van der Waals surface area (Å²) in [6.07, 6.45) is 1.61. The van der Waals surface area contributed by atoms with E-state index in [1.807, 2.05) is 6.92 Å². The number of nitrogens with zero attached hydrogens (tertiary/aromatic N) is 1. The molecule has 0 fully saturated rings. The number of anilines is 1. The van der Waals surface area contributed by atoms with Gasteiger partial charge in [-0.15, -0.1) is 0 Å². The van der Waals surface area contributed by atoms with Crippen LogP contribution < -0.4 is 10.5 Å². The molecule has 2 N–H and O–H groups in total. The quantitative estimate of drug-likeness (QED) is 0.920. The number of aromatic nitrogens is 1. The van der Waals surface area contributed by atoms with Crippen LogP contribution in [0.15, 0.2) is 34.9 Å². The smallest absolute Gasteiger partial charge is 0.221 e. The van der Waals surface area contributed by atoms with E-state index in [-0.39, 0.29) is 5.82 Å². The van der Waals surface area contributed by atoms with Crippen molar-refractivity contribution >= 4 is 21.6 Å². The van der Waals surface area contributed by atoms with Crippen LogP contribution in [-0.2, 0) is 0 Å². The van der Waals surface area contributed by atoms with Gasteiger partial charge in [-0.3, -0.25) is 0 Å². The number of benzene rings is 1. The molecule has 0 aliphatic heterocycles. The number of nitrogens with two attached hydrogens (primary N) is 1. The standard InChI is InChI=1S/C12H10BrFN2O/c1-7-6-16-12(5-11(7)15)17-8-2-3-9(13)10(14)4-8/h2-6H,1H3,(H2,15,16). The van der Waals surface area contributed by atoms with Crippen LogP contribution in [0.4, 0.5) is 10.1 Å². The summed E-state index contributed by atoms with van der Waals surface area (Å²) in [7, 11) is 0. The number of halogens is 2. The minimum absolute atomic E-state index is 0.342. The molecule has 0 aliphatic carbocycles. The van der Waals surface area contributed by atoms with E-state index in [9.17, 15) is 4.39 Å². The van der Waals surface area contributed by atoms with Gasteiger partial charge in [-0.05, 0) is 40.5 Å². The van der Waals surface area contributed by atoms with Crippen LogP contribution in [0, 0.1) is 12.7 Å². The monoisotopic (exact) mass is 296 g/mol. The Morgan fingerprint density at radius 3 is 2.76 bits per heavy atom. The van der Waals surface area contributed by atoms with E-state index in [2.05, 4.69) is 20.9 Å². The second-order valence-corrected chi connectivity index (χ2v) is 4.41. The van der Waals surface area contributed by atoms with Gasteiger partial charge in [-0.1, -0.05) is 0 Å². The Balaban J connectivity index is 2.25. The molecule has 3 nitrogen and oxygen atoms in total. The molecule has 0 aliphatic rings. The Bertz CT molecular complexity index is 511. The van der Waals surface area contributed by atoms with Crippen molar-refractivity contribution in [3.05, 3.63) is 46.3 Å². The third-order valence-electron chi connectivity index (χ3n) is 2.23. The lowest BCUT2D eigenvalue weighted by Crippen LogP contribution is -1.94. The lowest BCUT2D eigenvalue weighted by Gasteiger charge is -2.07. The number of ether oxygens (including phenoxy) is 1. The molecule has 1 aromatic heterocycles. The normalized spacial score (nSPS) is 10.3. The van der Waals surface area contributed by atoms with Crippen molar-refractivity contribution in [1.29, 1.82) is 0 Å². The molecule has 0 spiro atoms. The molecular weight excluding hydrogens is 287 g/mol. The van der Waals surface area contributed by atoms with Gasteiger partial charge < -0.3 is 10.5 Å². The number of nitrogen functional groups attached to an aromatic ring is 1. The van der Waals surface area contributed by atoms with Crippen molar-refractivity contribution in [2.24, 2.45) is 0 Å².